The third-order valence-electron chi connectivity index (χ3n) is 4.93. The van der Waals surface area contributed by atoms with Crippen LogP contribution in [0.2, 0.25) is 0 Å². The van der Waals surface area contributed by atoms with Crippen LogP contribution < -0.4 is 11.1 Å². The molecule has 5 nitrogen and oxygen atoms in total. The number of aryl methyl sites for hydroxylation is 1. The smallest absolute Gasteiger partial charge is 0.255 e. The Labute approximate surface area is 149 Å². The zero-order valence-corrected chi connectivity index (χ0v) is 15.0. The van der Waals surface area contributed by atoms with Crippen molar-refractivity contribution in [2.45, 2.75) is 45.1 Å². The molecule has 2 aromatic rings. The highest BCUT2D eigenvalue weighted by Crippen LogP contribution is 2.29. The Morgan fingerprint density at radius 1 is 1.29 bits per heavy atom. The normalized spacial score (nSPS) is 15.8. The monoisotopic (exact) mass is 348 g/mol. The van der Waals surface area contributed by atoms with Crippen LogP contribution >= 0.6 is 12.4 Å². The molecular weight excluding hydrogens is 324 g/mol. The Hall–Kier alpha value is -1.85. The van der Waals surface area contributed by atoms with Crippen LogP contribution in [0.5, 0.6) is 0 Å². The van der Waals surface area contributed by atoms with Gasteiger partial charge < -0.3 is 11.1 Å². The van der Waals surface area contributed by atoms with Crippen molar-refractivity contribution in [3.05, 3.63) is 47.3 Å². The Bertz CT molecular complexity index is 720. The zero-order valence-electron chi connectivity index (χ0n) is 14.2. The van der Waals surface area contributed by atoms with Crippen molar-refractivity contribution in [2.24, 2.45) is 5.73 Å². The van der Waals surface area contributed by atoms with E-state index >= 15 is 0 Å². The van der Waals surface area contributed by atoms with Crippen molar-refractivity contribution in [1.82, 2.24) is 15.1 Å². The highest BCUT2D eigenvalue weighted by atomic mass is 35.5. The lowest BCUT2D eigenvalue weighted by atomic mass is 9.97. The van der Waals surface area contributed by atoms with Crippen molar-refractivity contribution in [3.8, 4) is 5.69 Å². The number of hydrogen-bond donors (Lipinski definition) is 2. The summed E-state index contributed by atoms with van der Waals surface area (Å²) in [5, 5.41) is 7.58. The Morgan fingerprint density at radius 2 is 1.96 bits per heavy atom. The second-order valence-corrected chi connectivity index (χ2v) is 6.49. The van der Waals surface area contributed by atoms with E-state index in [1.165, 1.54) is 0 Å². The highest BCUT2D eigenvalue weighted by Gasteiger charge is 2.34. The van der Waals surface area contributed by atoms with Gasteiger partial charge in [-0.15, -0.1) is 12.4 Å². The topological polar surface area (TPSA) is 72.9 Å². The minimum absolute atomic E-state index is 0. The molecule has 1 aliphatic carbocycles. The molecular formula is C18H25ClN4O. The van der Waals surface area contributed by atoms with Gasteiger partial charge >= 0.3 is 0 Å². The van der Waals surface area contributed by atoms with Crippen molar-refractivity contribution in [1.29, 1.82) is 0 Å². The zero-order chi connectivity index (χ0) is 16.4. The molecule has 1 aliphatic rings. The molecule has 1 fully saturated rings. The fraction of sp³-hybridized carbons (Fsp3) is 0.444. The molecule has 1 amide bonds. The van der Waals surface area contributed by atoms with E-state index in [1.807, 2.05) is 42.8 Å². The summed E-state index contributed by atoms with van der Waals surface area (Å²) in [6.45, 7) is 4.46. The number of nitrogens with one attached hydrogen (secondary N) is 1. The molecule has 0 atom stereocenters. The van der Waals surface area contributed by atoms with E-state index < -0.39 is 0 Å². The van der Waals surface area contributed by atoms with Gasteiger partial charge in [0.2, 0.25) is 0 Å². The molecule has 0 saturated heterocycles. The third-order valence-corrected chi connectivity index (χ3v) is 4.93. The number of hydrogen-bond acceptors (Lipinski definition) is 3. The van der Waals surface area contributed by atoms with Gasteiger partial charge in [-0.05, 0) is 38.3 Å². The summed E-state index contributed by atoms with van der Waals surface area (Å²) in [6.07, 6.45) is 5.81. The summed E-state index contributed by atoms with van der Waals surface area (Å²) in [5.41, 5.74) is 9.26. The summed E-state index contributed by atoms with van der Waals surface area (Å²) < 4.78 is 1.83. The Morgan fingerprint density at radius 3 is 2.58 bits per heavy atom. The van der Waals surface area contributed by atoms with Crippen molar-refractivity contribution in [3.63, 3.8) is 0 Å². The van der Waals surface area contributed by atoms with E-state index in [0.29, 0.717) is 12.1 Å². The molecule has 0 aliphatic heterocycles. The van der Waals surface area contributed by atoms with Gasteiger partial charge in [0.1, 0.15) is 0 Å². The summed E-state index contributed by atoms with van der Waals surface area (Å²) >= 11 is 0. The van der Waals surface area contributed by atoms with Gasteiger partial charge in [0.05, 0.1) is 28.7 Å². The fourth-order valence-electron chi connectivity index (χ4n) is 3.42. The minimum Gasteiger partial charge on any atom is -0.345 e. The van der Waals surface area contributed by atoms with E-state index in [4.69, 9.17) is 5.73 Å². The fourth-order valence-corrected chi connectivity index (χ4v) is 3.42. The molecule has 0 unspecified atom stereocenters. The van der Waals surface area contributed by atoms with Crippen LogP contribution in [0.3, 0.4) is 0 Å². The van der Waals surface area contributed by atoms with E-state index in [9.17, 15) is 4.79 Å². The summed E-state index contributed by atoms with van der Waals surface area (Å²) in [6, 6.07) is 8.02. The summed E-state index contributed by atoms with van der Waals surface area (Å²) in [7, 11) is 0. The number of nitrogens with zero attached hydrogens (tertiary/aromatic N) is 2. The van der Waals surface area contributed by atoms with Crippen LogP contribution in [-0.4, -0.2) is 27.8 Å². The SMILES string of the molecule is Cc1ccccc1-n1ncc(C(=O)NC2(CN)CCCC2)c1C.Cl. The quantitative estimate of drug-likeness (QED) is 0.892. The molecule has 24 heavy (non-hydrogen) atoms. The molecule has 0 bridgehead atoms. The van der Waals surface area contributed by atoms with Gasteiger partial charge in [-0.3, -0.25) is 4.79 Å². The Kier molecular flexibility index (Phi) is 5.67. The van der Waals surface area contributed by atoms with E-state index in [-0.39, 0.29) is 23.9 Å². The third kappa shape index (κ3) is 3.32. The van der Waals surface area contributed by atoms with Crippen LogP contribution in [0, 0.1) is 13.8 Å². The summed E-state index contributed by atoms with van der Waals surface area (Å²) in [4.78, 5) is 12.7. The molecule has 0 spiro atoms. The van der Waals surface area contributed by atoms with Gasteiger partial charge in [-0.1, -0.05) is 31.0 Å². The largest absolute Gasteiger partial charge is 0.345 e. The van der Waals surface area contributed by atoms with Crippen LogP contribution in [0.1, 0.15) is 47.3 Å². The van der Waals surface area contributed by atoms with Crippen LogP contribution in [0.15, 0.2) is 30.5 Å². The minimum atomic E-state index is -0.242. The van der Waals surface area contributed by atoms with Crippen molar-refractivity contribution < 1.29 is 4.79 Å². The molecule has 1 aromatic heterocycles. The van der Waals surface area contributed by atoms with Crippen molar-refractivity contribution in [2.75, 3.05) is 6.54 Å². The first-order chi connectivity index (χ1) is 11.1. The predicted molar refractivity (Wildman–Crippen MR) is 98.0 cm³/mol. The first-order valence-electron chi connectivity index (χ1n) is 8.19. The number of halogens is 1. The molecule has 3 rings (SSSR count). The van der Waals surface area contributed by atoms with Gasteiger partial charge in [-0.2, -0.15) is 5.10 Å². The number of para-hydroxylation sites is 1. The average Bonchev–Trinajstić information content (AvgIpc) is 3.15. The van der Waals surface area contributed by atoms with E-state index in [1.54, 1.807) is 6.20 Å². The van der Waals surface area contributed by atoms with Gasteiger partial charge in [0.15, 0.2) is 0 Å². The average molecular weight is 349 g/mol. The molecule has 1 saturated carbocycles. The van der Waals surface area contributed by atoms with Gasteiger partial charge in [0, 0.05) is 6.54 Å². The number of nitrogens with two attached hydrogens (primary N) is 1. The number of carbonyl (C=O) groups is 1. The number of amides is 1. The molecule has 0 radical (unpaired) electrons. The van der Waals surface area contributed by atoms with E-state index in [2.05, 4.69) is 10.4 Å². The van der Waals surface area contributed by atoms with Crippen LogP contribution in [0.4, 0.5) is 0 Å². The highest BCUT2D eigenvalue weighted by molar-refractivity contribution is 5.95. The lowest BCUT2D eigenvalue weighted by Gasteiger charge is -2.28. The molecule has 1 aromatic carbocycles. The summed E-state index contributed by atoms with van der Waals surface area (Å²) in [5.74, 6) is -0.0744. The number of carbonyl (C=O) groups excluding carboxylic acids is 1. The second kappa shape index (κ2) is 7.36. The van der Waals surface area contributed by atoms with Crippen LogP contribution in [0.25, 0.3) is 5.69 Å². The Balaban J connectivity index is 0.00000208. The van der Waals surface area contributed by atoms with Crippen LogP contribution in [-0.2, 0) is 0 Å². The molecule has 130 valence electrons. The number of benzene rings is 1. The molecule has 1 heterocycles. The standard InChI is InChI=1S/C18H24N4O.ClH/c1-13-7-3-4-8-16(13)22-14(2)15(11-20-22)17(23)21-18(12-19)9-5-6-10-18;/h3-4,7-8,11H,5-6,9-10,12,19H2,1-2H3,(H,21,23);1H. The lowest BCUT2D eigenvalue weighted by Crippen LogP contribution is -2.51. The molecule has 6 heteroatoms. The van der Waals surface area contributed by atoms with Gasteiger partial charge in [0.25, 0.3) is 5.91 Å². The lowest BCUT2D eigenvalue weighted by molar-refractivity contribution is 0.0902. The first-order valence-corrected chi connectivity index (χ1v) is 8.19. The predicted octanol–water partition coefficient (Wildman–Crippen LogP) is 2.91. The molecule has 3 N–H and O–H groups in total. The number of rotatable bonds is 4. The van der Waals surface area contributed by atoms with E-state index in [0.717, 1.165) is 42.6 Å². The van der Waals surface area contributed by atoms with Gasteiger partial charge in [-0.25, -0.2) is 4.68 Å². The second-order valence-electron chi connectivity index (χ2n) is 6.49. The maximum atomic E-state index is 12.7. The maximum Gasteiger partial charge on any atom is 0.255 e. The van der Waals surface area contributed by atoms with Crippen molar-refractivity contribution >= 4 is 18.3 Å². The maximum absolute atomic E-state index is 12.7. The number of aromatic nitrogens is 2. The first kappa shape index (κ1) is 18.5.